The van der Waals surface area contributed by atoms with Gasteiger partial charge in [0, 0.05) is 5.56 Å². The van der Waals surface area contributed by atoms with Crippen LogP contribution in [0.15, 0.2) is 12.3 Å². The van der Waals surface area contributed by atoms with Gasteiger partial charge in [0.2, 0.25) is 0 Å². The van der Waals surface area contributed by atoms with Crippen LogP contribution in [-0.4, -0.2) is 19.7 Å². The molecular weight excluding hydrogens is 250 g/mol. The third kappa shape index (κ3) is 2.68. The van der Waals surface area contributed by atoms with Crippen LogP contribution in [0, 0.1) is 20.8 Å². The Morgan fingerprint density at radius 1 is 1.30 bits per heavy atom. The number of rotatable bonds is 4. The highest BCUT2D eigenvalue weighted by Gasteiger charge is 2.25. The summed E-state index contributed by atoms with van der Waals surface area (Å²) in [6.45, 7) is 13.1. The lowest BCUT2D eigenvalue weighted by molar-refractivity contribution is 0.190. The van der Waals surface area contributed by atoms with E-state index in [0.717, 1.165) is 35.7 Å². The van der Waals surface area contributed by atoms with Crippen LogP contribution in [-0.2, 0) is 6.42 Å². The fraction of sp³-hybridized carbons (Fsp3) is 0.529. The van der Waals surface area contributed by atoms with Crippen molar-refractivity contribution in [3.05, 3.63) is 34.6 Å². The molecule has 1 aliphatic heterocycles. The second-order valence-electron chi connectivity index (χ2n) is 5.65. The fourth-order valence-electron chi connectivity index (χ4n) is 2.75. The molecule has 0 saturated heterocycles. The van der Waals surface area contributed by atoms with Gasteiger partial charge in [-0.3, -0.25) is 0 Å². The maximum Gasteiger partial charge on any atom is 0.133 e. The number of hydrogen-bond donors (Lipinski definition) is 1. The van der Waals surface area contributed by atoms with E-state index in [0.29, 0.717) is 12.6 Å². The summed E-state index contributed by atoms with van der Waals surface area (Å²) in [5.41, 5.74) is 4.81. The molecule has 0 fully saturated rings. The molecule has 0 spiro atoms. The van der Waals surface area contributed by atoms with E-state index >= 15 is 0 Å². The Balaban J connectivity index is 2.44. The van der Waals surface area contributed by atoms with Crippen LogP contribution in [0.25, 0.3) is 0 Å². The number of fused-ring (bicyclic) bond motifs is 1. The van der Waals surface area contributed by atoms with Crippen LogP contribution < -0.4 is 14.8 Å². The number of ether oxygens (including phenoxy) is 2. The van der Waals surface area contributed by atoms with Gasteiger partial charge in [0.1, 0.15) is 17.3 Å². The van der Waals surface area contributed by atoms with Gasteiger partial charge in [-0.25, -0.2) is 0 Å². The van der Waals surface area contributed by atoms with Gasteiger partial charge in [0.25, 0.3) is 0 Å². The summed E-state index contributed by atoms with van der Waals surface area (Å²) in [5, 5.41) is 3.06. The fourth-order valence-corrected chi connectivity index (χ4v) is 2.75. The largest absolute Gasteiger partial charge is 0.490 e. The SMILES string of the molecule is C=C(CNC)Oc1c(C)c(C)c2c(c1C)CCC(C)O2. The number of nitrogens with one attached hydrogen (secondary N) is 1. The zero-order valence-electron chi connectivity index (χ0n) is 13.2. The number of hydrogen-bond acceptors (Lipinski definition) is 3. The minimum atomic E-state index is 0.297. The molecule has 1 N–H and O–H groups in total. The summed E-state index contributed by atoms with van der Waals surface area (Å²) in [6.07, 6.45) is 2.41. The summed E-state index contributed by atoms with van der Waals surface area (Å²) in [7, 11) is 1.89. The lowest BCUT2D eigenvalue weighted by Crippen LogP contribution is -2.21. The Hall–Kier alpha value is -1.48. The first-order valence-corrected chi connectivity index (χ1v) is 7.25. The van der Waals surface area contributed by atoms with Crippen LogP contribution in [0.3, 0.4) is 0 Å². The van der Waals surface area contributed by atoms with Gasteiger partial charge in [-0.1, -0.05) is 6.58 Å². The van der Waals surface area contributed by atoms with E-state index in [2.05, 4.69) is 39.6 Å². The predicted octanol–water partition coefficient (Wildman–Crippen LogP) is 3.44. The molecule has 0 saturated carbocycles. The molecule has 0 amide bonds. The molecule has 1 atom stereocenters. The molecule has 110 valence electrons. The molecule has 0 bridgehead atoms. The Morgan fingerprint density at radius 2 is 2.00 bits per heavy atom. The highest BCUT2D eigenvalue weighted by molar-refractivity contribution is 5.59. The van der Waals surface area contributed by atoms with Gasteiger partial charge >= 0.3 is 0 Å². The van der Waals surface area contributed by atoms with Crippen molar-refractivity contribution in [2.24, 2.45) is 0 Å². The quantitative estimate of drug-likeness (QED) is 0.854. The average molecular weight is 275 g/mol. The van der Waals surface area contributed by atoms with Crippen LogP contribution in [0.5, 0.6) is 11.5 Å². The predicted molar refractivity (Wildman–Crippen MR) is 82.8 cm³/mol. The molecule has 1 heterocycles. The van der Waals surface area contributed by atoms with E-state index in [4.69, 9.17) is 9.47 Å². The zero-order valence-corrected chi connectivity index (χ0v) is 13.2. The van der Waals surface area contributed by atoms with Gasteiger partial charge in [-0.15, -0.1) is 0 Å². The Morgan fingerprint density at radius 3 is 2.65 bits per heavy atom. The van der Waals surface area contributed by atoms with Gasteiger partial charge in [0.15, 0.2) is 0 Å². The van der Waals surface area contributed by atoms with Crippen molar-refractivity contribution in [2.75, 3.05) is 13.6 Å². The maximum atomic E-state index is 6.04. The van der Waals surface area contributed by atoms with Gasteiger partial charge < -0.3 is 14.8 Å². The lowest BCUT2D eigenvalue weighted by atomic mass is 9.92. The van der Waals surface area contributed by atoms with Crippen molar-refractivity contribution < 1.29 is 9.47 Å². The molecule has 0 aliphatic carbocycles. The maximum absolute atomic E-state index is 6.04. The van der Waals surface area contributed by atoms with Crippen LogP contribution in [0.1, 0.15) is 35.6 Å². The molecule has 1 unspecified atom stereocenters. The average Bonchev–Trinajstić information content (AvgIpc) is 2.41. The van der Waals surface area contributed by atoms with E-state index in [1.165, 1.54) is 16.7 Å². The summed E-state index contributed by atoms with van der Waals surface area (Å²) in [5.74, 6) is 2.74. The first-order valence-electron chi connectivity index (χ1n) is 7.25. The number of benzene rings is 1. The third-order valence-corrected chi connectivity index (χ3v) is 4.05. The second kappa shape index (κ2) is 5.88. The van der Waals surface area contributed by atoms with Gasteiger partial charge in [-0.05, 0) is 64.3 Å². The van der Waals surface area contributed by atoms with E-state index in [1.807, 2.05) is 7.05 Å². The smallest absolute Gasteiger partial charge is 0.133 e. The molecule has 3 heteroatoms. The molecule has 1 aromatic carbocycles. The molecule has 3 nitrogen and oxygen atoms in total. The molecule has 20 heavy (non-hydrogen) atoms. The topological polar surface area (TPSA) is 30.5 Å². The summed E-state index contributed by atoms with van der Waals surface area (Å²) >= 11 is 0. The summed E-state index contributed by atoms with van der Waals surface area (Å²) in [4.78, 5) is 0. The first kappa shape index (κ1) is 14.9. The second-order valence-corrected chi connectivity index (χ2v) is 5.65. The highest BCUT2D eigenvalue weighted by Crippen LogP contribution is 2.41. The molecular formula is C17H25NO2. The van der Waals surface area contributed by atoms with E-state index in [1.54, 1.807) is 0 Å². The summed E-state index contributed by atoms with van der Waals surface area (Å²) in [6, 6.07) is 0. The molecule has 1 aromatic rings. The van der Waals surface area contributed by atoms with Crippen LogP contribution >= 0.6 is 0 Å². The highest BCUT2D eigenvalue weighted by atomic mass is 16.5. The molecule has 2 rings (SSSR count). The van der Waals surface area contributed by atoms with E-state index in [9.17, 15) is 0 Å². The Kier molecular flexibility index (Phi) is 4.39. The normalized spacial score (nSPS) is 17.4. The van der Waals surface area contributed by atoms with E-state index in [-0.39, 0.29) is 0 Å². The third-order valence-electron chi connectivity index (χ3n) is 4.05. The Bertz CT molecular complexity index is 535. The van der Waals surface area contributed by atoms with Gasteiger partial charge in [-0.2, -0.15) is 0 Å². The monoisotopic (exact) mass is 275 g/mol. The number of likely N-dealkylation sites (N-methyl/N-ethyl adjacent to an activating group) is 1. The molecule has 1 aliphatic rings. The standard InChI is InChI=1S/C17H25NO2/c1-10-7-8-15-14(5)16(20-11(2)9-18-6)12(3)13(4)17(15)19-10/h10,18H,2,7-9H2,1,3-6H3. The van der Waals surface area contributed by atoms with E-state index < -0.39 is 0 Å². The van der Waals surface area contributed by atoms with Crippen molar-refractivity contribution in [3.8, 4) is 11.5 Å². The van der Waals surface area contributed by atoms with Crippen molar-refractivity contribution in [2.45, 2.75) is 46.6 Å². The van der Waals surface area contributed by atoms with Crippen LogP contribution in [0.2, 0.25) is 0 Å². The lowest BCUT2D eigenvalue weighted by Gasteiger charge is -2.29. The van der Waals surface area contributed by atoms with Gasteiger partial charge in [0.05, 0.1) is 12.6 Å². The van der Waals surface area contributed by atoms with Crippen molar-refractivity contribution >= 4 is 0 Å². The minimum Gasteiger partial charge on any atom is -0.490 e. The molecule has 0 radical (unpaired) electrons. The van der Waals surface area contributed by atoms with Crippen molar-refractivity contribution in [3.63, 3.8) is 0 Å². The van der Waals surface area contributed by atoms with Crippen LogP contribution in [0.4, 0.5) is 0 Å². The Labute approximate surface area is 122 Å². The first-order chi connectivity index (χ1) is 9.45. The minimum absolute atomic E-state index is 0.297. The van der Waals surface area contributed by atoms with Crippen molar-refractivity contribution in [1.82, 2.24) is 5.32 Å². The van der Waals surface area contributed by atoms with Crippen molar-refractivity contribution in [1.29, 1.82) is 0 Å². The zero-order chi connectivity index (χ0) is 14.9. The summed E-state index contributed by atoms with van der Waals surface area (Å²) < 4.78 is 12.0. The molecule has 0 aromatic heterocycles.